The largest absolute Gasteiger partial charge is 0.301 e. The molecule has 132 valence electrons. The summed E-state index contributed by atoms with van der Waals surface area (Å²) < 4.78 is 25.6. The third kappa shape index (κ3) is 4.67. The Morgan fingerprint density at radius 3 is 2.16 bits per heavy atom. The molecule has 1 saturated heterocycles. The summed E-state index contributed by atoms with van der Waals surface area (Å²) in [4.78, 5) is 14.7. The molecule has 0 radical (unpaired) electrons. The van der Waals surface area contributed by atoms with Gasteiger partial charge in [-0.15, -0.1) is 0 Å². The number of rotatable bonds is 8. The number of anilines is 1. The minimum absolute atomic E-state index is 0.0698. The lowest BCUT2D eigenvalue weighted by molar-refractivity contribution is 0.103. The van der Waals surface area contributed by atoms with E-state index in [-0.39, 0.29) is 5.78 Å². The van der Waals surface area contributed by atoms with Crippen LogP contribution in [0.5, 0.6) is 0 Å². The predicted molar refractivity (Wildman–Crippen MR) is 99.6 cm³/mol. The summed E-state index contributed by atoms with van der Waals surface area (Å²) in [5, 5.41) is 0. The molecule has 0 bridgehead atoms. The quantitative estimate of drug-likeness (QED) is 0.537. The maximum absolute atomic E-state index is 12.4. The normalized spacial score (nSPS) is 14.3. The van der Waals surface area contributed by atoms with E-state index in [1.165, 1.54) is 10.6 Å². The third-order valence-electron chi connectivity index (χ3n) is 4.23. The highest BCUT2D eigenvalue weighted by Crippen LogP contribution is 2.20. The highest BCUT2D eigenvalue weighted by Gasteiger charge is 2.20. The molecule has 0 aliphatic carbocycles. The zero-order chi connectivity index (χ0) is 17.9. The topological polar surface area (TPSA) is 57.5 Å². The maximum atomic E-state index is 12.4. The molecule has 1 aliphatic heterocycles. The fourth-order valence-corrected chi connectivity index (χ4v) is 3.72. The van der Waals surface area contributed by atoms with Crippen LogP contribution in [0.4, 0.5) is 5.69 Å². The molecule has 0 spiro atoms. The van der Waals surface area contributed by atoms with Crippen LogP contribution in [-0.2, 0) is 10.0 Å². The number of hydrogen-bond donors (Lipinski definition) is 0. The van der Waals surface area contributed by atoms with Crippen molar-refractivity contribution in [3.05, 3.63) is 65.7 Å². The highest BCUT2D eigenvalue weighted by atomic mass is 32.2. The molecule has 0 amide bonds. The molecular weight excluding hydrogens is 336 g/mol. The van der Waals surface area contributed by atoms with Crippen molar-refractivity contribution in [3.63, 3.8) is 0 Å². The van der Waals surface area contributed by atoms with Gasteiger partial charge in [0.05, 0.1) is 11.9 Å². The molecule has 5 nitrogen and oxygen atoms in total. The highest BCUT2D eigenvalue weighted by molar-refractivity contribution is 7.92. The monoisotopic (exact) mass is 358 g/mol. The van der Waals surface area contributed by atoms with Crippen molar-refractivity contribution in [1.82, 2.24) is 4.90 Å². The number of carbonyl (C=O) groups is 1. The van der Waals surface area contributed by atoms with E-state index in [0.29, 0.717) is 23.4 Å². The zero-order valence-electron chi connectivity index (χ0n) is 14.3. The summed E-state index contributed by atoms with van der Waals surface area (Å²) in [6.07, 6.45) is 2.01. The van der Waals surface area contributed by atoms with Gasteiger partial charge < -0.3 is 4.90 Å². The molecule has 0 N–H and O–H groups in total. The molecule has 2 aromatic rings. The van der Waals surface area contributed by atoms with Crippen molar-refractivity contribution in [2.24, 2.45) is 0 Å². The Morgan fingerprint density at radius 2 is 1.60 bits per heavy atom. The molecule has 2 aromatic carbocycles. The van der Waals surface area contributed by atoms with Crippen molar-refractivity contribution in [2.75, 3.05) is 36.7 Å². The molecule has 6 heteroatoms. The second-order valence-corrected chi connectivity index (χ2v) is 8.18. The standard InChI is InChI=1S/C19H22N2O3S/c1-25(23,24)21(13-5-12-20-14-15-20)18-10-8-17(9-11-18)19(22)16-6-3-2-4-7-16/h2-4,6-11H,5,12-15H2,1H3. The molecule has 0 atom stereocenters. The Hall–Kier alpha value is -2.18. The average molecular weight is 358 g/mol. The van der Waals surface area contributed by atoms with Gasteiger partial charge in [-0.1, -0.05) is 30.3 Å². The summed E-state index contributed by atoms with van der Waals surface area (Å²) in [5.41, 5.74) is 1.76. The zero-order valence-corrected chi connectivity index (χ0v) is 15.1. The fraction of sp³-hybridized carbons (Fsp3) is 0.316. The number of benzene rings is 2. The van der Waals surface area contributed by atoms with Crippen molar-refractivity contribution in [1.29, 1.82) is 0 Å². The van der Waals surface area contributed by atoms with Crippen LogP contribution in [0.2, 0.25) is 0 Å². The first-order valence-corrected chi connectivity index (χ1v) is 10.2. The van der Waals surface area contributed by atoms with Gasteiger partial charge in [-0.3, -0.25) is 9.10 Å². The van der Waals surface area contributed by atoms with E-state index >= 15 is 0 Å². The Balaban J connectivity index is 1.74. The van der Waals surface area contributed by atoms with Gasteiger partial charge >= 0.3 is 0 Å². The average Bonchev–Trinajstić information content (AvgIpc) is 3.42. The molecule has 3 rings (SSSR count). The van der Waals surface area contributed by atoms with Crippen LogP contribution in [0.15, 0.2) is 54.6 Å². The first-order chi connectivity index (χ1) is 11.9. The number of sulfonamides is 1. The predicted octanol–water partition coefficient (Wildman–Crippen LogP) is 2.39. The Labute approximate surface area is 148 Å². The smallest absolute Gasteiger partial charge is 0.232 e. The van der Waals surface area contributed by atoms with Crippen molar-refractivity contribution in [3.8, 4) is 0 Å². The van der Waals surface area contributed by atoms with E-state index in [4.69, 9.17) is 0 Å². The summed E-state index contributed by atoms with van der Waals surface area (Å²) in [7, 11) is -3.35. The van der Waals surface area contributed by atoms with E-state index in [1.807, 2.05) is 18.2 Å². The van der Waals surface area contributed by atoms with Gasteiger partial charge in [-0.2, -0.15) is 0 Å². The van der Waals surface area contributed by atoms with Crippen molar-refractivity contribution in [2.45, 2.75) is 6.42 Å². The van der Waals surface area contributed by atoms with Crippen LogP contribution in [0.3, 0.4) is 0 Å². The molecule has 0 aromatic heterocycles. The lowest BCUT2D eigenvalue weighted by atomic mass is 10.0. The first kappa shape index (κ1) is 17.6. The van der Waals surface area contributed by atoms with Crippen molar-refractivity contribution < 1.29 is 13.2 Å². The van der Waals surface area contributed by atoms with Gasteiger partial charge in [0.15, 0.2) is 5.78 Å². The SMILES string of the molecule is CS(=O)(=O)N(CCCN1CC1)c1ccc(C(=O)c2ccccc2)cc1. The van der Waals surface area contributed by atoms with E-state index in [1.54, 1.807) is 36.4 Å². The number of ketones is 1. The summed E-state index contributed by atoms with van der Waals surface area (Å²) in [6, 6.07) is 15.8. The first-order valence-electron chi connectivity index (χ1n) is 8.35. The molecule has 0 saturated carbocycles. The van der Waals surface area contributed by atoms with E-state index in [9.17, 15) is 13.2 Å². The lowest BCUT2D eigenvalue weighted by Gasteiger charge is -2.22. The van der Waals surface area contributed by atoms with Crippen LogP contribution in [0.25, 0.3) is 0 Å². The molecule has 1 aliphatic rings. The Morgan fingerprint density at radius 1 is 1.00 bits per heavy atom. The second kappa shape index (κ2) is 7.37. The summed E-state index contributed by atoms with van der Waals surface area (Å²) in [5.74, 6) is -0.0698. The molecule has 1 heterocycles. The Bertz CT molecular complexity index is 829. The van der Waals surface area contributed by atoms with Gasteiger partial charge in [0.1, 0.15) is 0 Å². The van der Waals surface area contributed by atoms with Gasteiger partial charge in [0, 0.05) is 30.8 Å². The van der Waals surface area contributed by atoms with Crippen molar-refractivity contribution >= 4 is 21.5 Å². The molecular formula is C19H22N2O3S. The van der Waals surface area contributed by atoms with Crippen LogP contribution in [0, 0.1) is 0 Å². The van der Waals surface area contributed by atoms with Gasteiger partial charge in [-0.25, -0.2) is 8.42 Å². The summed E-state index contributed by atoms with van der Waals surface area (Å²) >= 11 is 0. The van der Waals surface area contributed by atoms with Crippen LogP contribution in [-0.4, -0.2) is 51.5 Å². The Kier molecular flexibility index (Phi) is 5.20. The van der Waals surface area contributed by atoms with E-state index < -0.39 is 10.0 Å². The number of nitrogens with zero attached hydrogens (tertiary/aromatic N) is 2. The minimum atomic E-state index is -3.35. The summed E-state index contributed by atoms with van der Waals surface area (Å²) in [6.45, 7) is 3.57. The fourth-order valence-electron chi connectivity index (χ4n) is 2.75. The van der Waals surface area contributed by atoms with E-state index in [2.05, 4.69) is 4.90 Å². The van der Waals surface area contributed by atoms with Gasteiger partial charge in [0.2, 0.25) is 10.0 Å². The second-order valence-electron chi connectivity index (χ2n) is 6.27. The third-order valence-corrected chi connectivity index (χ3v) is 5.42. The number of carbonyl (C=O) groups excluding carboxylic acids is 1. The molecule has 0 unspecified atom stereocenters. The van der Waals surface area contributed by atoms with E-state index in [0.717, 1.165) is 26.1 Å². The lowest BCUT2D eigenvalue weighted by Crippen LogP contribution is -2.31. The van der Waals surface area contributed by atoms with Gasteiger partial charge in [0.25, 0.3) is 0 Å². The van der Waals surface area contributed by atoms with Gasteiger partial charge in [-0.05, 0) is 37.2 Å². The maximum Gasteiger partial charge on any atom is 0.232 e. The number of hydrogen-bond acceptors (Lipinski definition) is 4. The molecule has 25 heavy (non-hydrogen) atoms. The van der Waals surface area contributed by atoms with Crippen LogP contribution in [0.1, 0.15) is 22.3 Å². The minimum Gasteiger partial charge on any atom is -0.301 e. The van der Waals surface area contributed by atoms with Crippen LogP contribution >= 0.6 is 0 Å². The van der Waals surface area contributed by atoms with Crippen LogP contribution < -0.4 is 4.31 Å². The molecule has 1 fully saturated rings.